The molecule has 1 aliphatic heterocycles. The number of unbranched alkanes of at least 4 members (excludes halogenated alkanes) is 1. The Hall–Kier alpha value is -4.28. The molecule has 2 rings (SSSR count). The Balaban J connectivity index is 2.21. The van der Waals surface area contributed by atoms with Gasteiger partial charge in [-0.3, -0.25) is 24.1 Å². The third-order valence-corrected chi connectivity index (χ3v) is 12.7. The number of carbonyl (C=O) groups excluding carboxylic acids is 5. The molecule has 0 bridgehead atoms. The minimum Gasteiger partial charge on any atom is -0.480 e. The van der Waals surface area contributed by atoms with Crippen LogP contribution in [0.1, 0.15) is 113 Å². The number of ether oxygens (including phenoxy) is 3. The Morgan fingerprint density at radius 1 is 0.862 bits per heavy atom. The topological polar surface area (TPSA) is 187 Å². The molecule has 1 saturated heterocycles. The quantitative estimate of drug-likeness (QED) is 0.100. The van der Waals surface area contributed by atoms with Crippen molar-refractivity contribution in [3.63, 3.8) is 0 Å². The molecule has 1 aromatic rings. The second-order valence-electron chi connectivity index (χ2n) is 19.7. The SMILES string of the molecule is CC[C@H](C)[C@@H]([C@@H](CC(=O)N1CCC[C@H]1[C@H](OC)[C@@H](C)C(=O)NC(Cc1ccccc1)C(=O)O)OC)N(C)C(=O)[C@@H](NC(=O)[C@H](C(C)C)N(C)CCCCN(C)C(=O)OC(C)(C)C)C(C)C. The van der Waals surface area contributed by atoms with Gasteiger partial charge >= 0.3 is 12.1 Å². The summed E-state index contributed by atoms with van der Waals surface area (Å²) in [4.78, 5) is 88.1. The van der Waals surface area contributed by atoms with Crippen LogP contribution in [0.4, 0.5) is 4.79 Å². The number of benzene rings is 1. The van der Waals surface area contributed by atoms with Crippen molar-refractivity contribution >= 4 is 35.7 Å². The number of carboxylic acids is 1. The normalized spacial score (nSPS) is 18.0. The molecule has 0 saturated carbocycles. The predicted molar refractivity (Wildman–Crippen MR) is 252 cm³/mol. The van der Waals surface area contributed by atoms with E-state index in [9.17, 15) is 33.9 Å². The maximum atomic E-state index is 14.6. The zero-order valence-electron chi connectivity index (χ0n) is 42.2. The van der Waals surface area contributed by atoms with Gasteiger partial charge in [-0.2, -0.15) is 0 Å². The summed E-state index contributed by atoms with van der Waals surface area (Å²) >= 11 is 0. The summed E-state index contributed by atoms with van der Waals surface area (Å²) in [6.07, 6.45) is 1.72. The fraction of sp³-hybridized carbons (Fsp3) is 0.755. The van der Waals surface area contributed by atoms with Crippen LogP contribution in [-0.2, 0) is 44.6 Å². The van der Waals surface area contributed by atoms with Gasteiger partial charge in [0.15, 0.2) is 0 Å². The molecule has 16 nitrogen and oxygen atoms in total. The third-order valence-electron chi connectivity index (χ3n) is 12.7. The van der Waals surface area contributed by atoms with Crippen molar-refractivity contribution in [3.8, 4) is 0 Å². The first-order chi connectivity index (χ1) is 30.4. The molecule has 0 radical (unpaired) electrons. The number of carbonyl (C=O) groups is 6. The largest absolute Gasteiger partial charge is 0.480 e. The van der Waals surface area contributed by atoms with Crippen molar-refractivity contribution in [2.45, 2.75) is 162 Å². The maximum absolute atomic E-state index is 14.6. The molecular weight excluding hydrogens is 833 g/mol. The van der Waals surface area contributed by atoms with Gasteiger partial charge in [0.2, 0.25) is 23.6 Å². The zero-order chi connectivity index (χ0) is 49.3. The fourth-order valence-electron chi connectivity index (χ4n) is 8.92. The van der Waals surface area contributed by atoms with Gasteiger partial charge in [-0.1, -0.05) is 85.2 Å². The highest BCUT2D eigenvalue weighted by atomic mass is 16.6. The monoisotopic (exact) mass is 917 g/mol. The van der Waals surface area contributed by atoms with E-state index in [0.29, 0.717) is 38.9 Å². The van der Waals surface area contributed by atoms with Gasteiger partial charge < -0.3 is 44.7 Å². The highest BCUT2D eigenvalue weighted by Crippen LogP contribution is 2.30. The number of hydrogen-bond acceptors (Lipinski definition) is 10. The Labute approximate surface area is 389 Å². The number of aliphatic carboxylic acids is 1. The van der Waals surface area contributed by atoms with Gasteiger partial charge in [0, 0.05) is 47.8 Å². The fourth-order valence-corrected chi connectivity index (χ4v) is 8.92. The highest BCUT2D eigenvalue weighted by molar-refractivity contribution is 5.90. The molecule has 0 aliphatic carbocycles. The van der Waals surface area contributed by atoms with Crippen molar-refractivity contribution < 1.29 is 48.1 Å². The van der Waals surface area contributed by atoms with E-state index in [1.54, 1.807) is 35.7 Å². The summed E-state index contributed by atoms with van der Waals surface area (Å²) in [5, 5.41) is 15.7. The minimum atomic E-state index is -1.15. The van der Waals surface area contributed by atoms with Crippen LogP contribution in [0.15, 0.2) is 30.3 Å². The second kappa shape index (κ2) is 26.8. The number of rotatable bonds is 26. The zero-order valence-corrected chi connectivity index (χ0v) is 42.2. The third kappa shape index (κ3) is 17.1. The van der Waals surface area contributed by atoms with Crippen molar-refractivity contribution in [2.75, 3.05) is 55.0 Å². The van der Waals surface area contributed by atoms with E-state index in [4.69, 9.17) is 14.2 Å². The Bertz CT molecular complexity index is 1670. The lowest BCUT2D eigenvalue weighted by atomic mass is 9.89. The number of amides is 5. The van der Waals surface area contributed by atoms with E-state index < -0.39 is 65.8 Å². The number of likely N-dealkylation sites (N-methyl/N-ethyl adjacent to an activating group) is 2. The van der Waals surface area contributed by atoms with Crippen LogP contribution in [0.3, 0.4) is 0 Å². The number of carboxylic acid groups (broad SMARTS) is 1. The summed E-state index contributed by atoms with van der Waals surface area (Å²) in [7, 11) is 8.34. The van der Waals surface area contributed by atoms with Gasteiger partial charge in [-0.25, -0.2) is 9.59 Å². The molecule has 0 aromatic heterocycles. The first-order valence-electron chi connectivity index (χ1n) is 23.5. The molecule has 1 aliphatic rings. The van der Waals surface area contributed by atoms with Crippen LogP contribution in [-0.4, -0.2) is 163 Å². The number of nitrogens with zero attached hydrogens (tertiary/aromatic N) is 4. The van der Waals surface area contributed by atoms with E-state index in [1.807, 2.05) is 105 Å². The van der Waals surface area contributed by atoms with Crippen LogP contribution in [0, 0.1) is 23.7 Å². The Kier molecular flexibility index (Phi) is 23.4. The maximum Gasteiger partial charge on any atom is 0.410 e. The molecule has 9 atom stereocenters. The van der Waals surface area contributed by atoms with E-state index in [0.717, 1.165) is 18.4 Å². The van der Waals surface area contributed by atoms with Gasteiger partial charge in [0.25, 0.3) is 0 Å². The molecule has 5 amide bonds. The van der Waals surface area contributed by atoms with Crippen molar-refractivity contribution in [3.05, 3.63) is 35.9 Å². The Morgan fingerprint density at radius 2 is 1.48 bits per heavy atom. The summed E-state index contributed by atoms with van der Waals surface area (Å²) < 4.78 is 17.4. The average Bonchev–Trinajstić information content (AvgIpc) is 3.72. The lowest BCUT2D eigenvalue weighted by Crippen LogP contribution is -2.60. The van der Waals surface area contributed by atoms with Crippen molar-refractivity contribution in [2.24, 2.45) is 23.7 Å². The predicted octanol–water partition coefficient (Wildman–Crippen LogP) is 5.46. The molecule has 1 unspecified atom stereocenters. The number of hydrogen-bond donors (Lipinski definition) is 3. The van der Waals surface area contributed by atoms with Crippen LogP contribution >= 0.6 is 0 Å². The molecule has 65 heavy (non-hydrogen) atoms. The Morgan fingerprint density at radius 3 is 2.00 bits per heavy atom. The van der Waals surface area contributed by atoms with E-state index in [2.05, 4.69) is 10.6 Å². The average molecular weight is 917 g/mol. The van der Waals surface area contributed by atoms with E-state index >= 15 is 0 Å². The van der Waals surface area contributed by atoms with Gasteiger partial charge in [0.1, 0.15) is 17.7 Å². The van der Waals surface area contributed by atoms with E-state index in [1.165, 1.54) is 14.2 Å². The molecule has 370 valence electrons. The molecular formula is C49H84N6O10. The molecule has 3 N–H and O–H groups in total. The van der Waals surface area contributed by atoms with Crippen LogP contribution in [0.25, 0.3) is 0 Å². The van der Waals surface area contributed by atoms with Gasteiger partial charge in [0.05, 0.1) is 42.7 Å². The minimum absolute atomic E-state index is 0.0404. The van der Waals surface area contributed by atoms with E-state index in [-0.39, 0.29) is 54.4 Å². The second-order valence-corrected chi connectivity index (χ2v) is 19.7. The summed E-state index contributed by atoms with van der Waals surface area (Å²) in [6.45, 7) is 20.5. The summed E-state index contributed by atoms with van der Waals surface area (Å²) in [5.74, 6) is -3.55. The molecule has 1 heterocycles. The van der Waals surface area contributed by atoms with Crippen LogP contribution < -0.4 is 10.6 Å². The summed E-state index contributed by atoms with van der Waals surface area (Å²) in [5.41, 5.74) is 0.197. The van der Waals surface area contributed by atoms with Crippen molar-refractivity contribution in [1.29, 1.82) is 0 Å². The molecule has 1 fully saturated rings. The smallest absolute Gasteiger partial charge is 0.410 e. The standard InChI is InChI=1S/C49H84N6O10/c1-16-33(6)42(54(13)46(59)40(31(2)3)51-45(58)41(32(4)5)52(11)26-20-21-27-53(12)48(62)65-49(8,9)10)38(63-14)30-39(56)55-28-22-25-37(55)43(64-15)34(7)44(57)50-36(47(60)61)29-35-23-18-17-19-24-35/h17-19,23-24,31-34,36-38,40-43H,16,20-22,25-30H2,1-15H3,(H,50,57)(H,51,58)(H,60,61)/t33-,34+,36?,37-,38+,40-,41-,42-,43+/m0/s1. The lowest BCUT2D eigenvalue weighted by Gasteiger charge is -2.41. The molecule has 0 spiro atoms. The molecule has 16 heteroatoms. The molecule has 1 aromatic carbocycles. The number of nitrogens with one attached hydrogen (secondary N) is 2. The van der Waals surface area contributed by atoms with Gasteiger partial charge in [-0.15, -0.1) is 0 Å². The number of likely N-dealkylation sites (tertiary alicyclic amines) is 1. The summed E-state index contributed by atoms with van der Waals surface area (Å²) in [6, 6.07) is 5.60. The van der Waals surface area contributed by atoms with Crippen LogP contribution in [0.5, 0.6) is 0 Å². The first kappa shape index (κ1) is 56.8. The van der Waals surface area contributed by atoms with Crippen molar-refractivity contribution in [1.82, 2.24) is 30.2 Å². The first-order valence-corrected chi connectivity index (χ1v) is 23.5. The van der Waals surface area contributed by atoms with Crippen LogP contribution in [0.2, 0.25) is 0 Å². The van der Waals surface area contributed by atoms with Gasteiger partial charge in [-0.05, 0) is 83.4 Å². The highest BCUT2D eigenvalue weighted by Gasteiger charge is 2.43. The number of methoxy groups -OCH3 is 2. The lowest BCUT2D eigenvalue weighted by molar-refractivity contribution is -0.148.